The number of nitrogens with zero attached hydrogens (tertiary/aromatic N) is 4. The summed E-state index contributed by atoms with van der Waals surface area (Å²) >= 11 is 0. The molecule has 0 aliphatic carbocycles. The largest absolute Gasteiger partial charge is 0.459 e. The smallest absolute Gasteiger partial charge is 0.294 e. The molecular formula is C24H29N4O3+. The fraction of sp³-hybridized carbons (Fsp3) is 0.458. The molecule has 2 aliphatic rings. The van der Waals surface area contributed by atoms with Crippen molar-refractivity contribution in [2.75, 3.05) is 37.0 Å². The number of nitriles is 1. The lowest BCUT2D eigenvalue weighted by molar-refractivity contribution is -0.928. The molecule has 0 bridgehead atoms. The van der Waals surface area contributed by atoms with Crippen LogP contribution in [-0.2, 0) is 4.79 Å². The lowest BCUT2D eigenvalue weighted by Crippen LogP contribution is -2.52. The fourth-order valence-corrected chi connectivity index (χ4v) is 5.23. The molecule has 3 atom stereocenters. The van der Waals surface area contributed by atoms with Crippen molar-refractivity contribution >= 4 is 23.2 Å². The number of carbonyl (C=O) groups excluding carboxylic acids is 2. The Morgan fingerprint density at radius 1 is 1.19 bits per heavy atom. The van der Waals surface area contributed by atoms with E-state index in [0.29, 0.717) is 6.54 Å². The summed E-state index contributed by atoms with van der Waals surface area (Å²) in [6, 6.07) is 11.9. The zero-order valence-electron chi connectivity index (χ0n) is 18.5. The van der Waals surface area contributed by atoms with Gasteiger partial charge in [-0.25, -0.2) is 0 Å². The lowest BCUT2D eigenvalue weighted by Gasteiger charge is -2.45. The molecule has 0 saturated carbocycles. The first kappa shape index (κ1) is 21.1. The van der Waals surface area contributed by atoms with Crippen molar-refractivity contribution in [3.8, 4) is 6.07 Å². The van der Waals surface area contributed by atoms with Crippen molar-refractivity contribution in [2.45, 2.75) is 38.8 Å². The molecule has 1 aromatic carbocycles. The summed E-state index contributed by atoms with van der Waals surface area (Å²) in [5.74, 6) is 0.0954. The van der Waals surface area contributed by atoms with Crippen LogP contribution in [0.4, 0.5) is 11.4 Å². The third-order valence-electron chi connectivity index (χ3n) is 6.64. The molecule has 7 heteroatoms. The fourth-order valence-electron chi connectivity index (χ4n) is 5.23. The van der Waals surface area contributed by atoms with E-state index < -0.39 is 0 Å². The predicted octanol–water partition coefficient (Wildman–Crippen LogP) is 3.73. The Morgan fingerprint density at radius 3 is 2.58 bits per heavy atom. The average Bonchev–Trinajstić information content (AvgIpc) is 3.26. The standard InChI is InChI=1S/C24H29N4O3/c1-16-14-26(24(30)23-6-5-11-31-23)21-12-19(8-9-20(21)27(16)17(2)29)22-10-7-18(13-25)15-28(22,3)4/h5-6,8-9,11-12,16,18,22H,7,10,14-15H2,1-4H3/q+1/t16-,18?,22?/m0/s1. The Bertz CT molecular complexity index is 1040. The zero-order chi connectivity index (χ0) is 22.3. The maximum Gasteiger partial charge on any atom is 0.294 e. The summed E-state index contributed by atoms with van der Waals surface area (Å²) in [5, 5.41) is 9.38. The molecule has 31 heavy (non-hydrogen) atoms. The molecule has 2 aromatic rings. The number of carbonyl (C=O) groups is 2. The van der Waals surface area contributed by atoms with Crippen LogP contribution in [0.15, 0.2) is 41.0 Å². The van der Waals surface area contributed by atoms with Crippen LogP contribution in [0.1, 0.15) is 48.8 Å². The van der Waals surface area contributed by atoms with Gasteiger partial charge in [-0.15, -0.1) is 0 Å². The second-order valence-corrected chi connectivity index (χ2v) is 9.26. The number of hydrogen-bond donors (Lipinski definition) is 0. The SMILES string of the molecule is CC(=O)N1c2ccc(C3CCC(C#N)C[N+]3(C)C)cc2N(C(=O)c2ccco2)C[C@@H]1C. The van der Waals surface area contributed by atoms with Gasteiger partial charge < -0.3 is 18.7 Å². The minimum Gasteiger partial charge on any atom is -0.459 e. The number of fused-ring (bicyclic) bond motifs is 1. The third-order valence-corrected chi connectivity index (χ3v) is 6.64. The van der Waals surface area contributed by atoms with Crippen LogP contribution in [0.25, 0.3) is 0 Å². The molecule has 7 nitrogen and oxygen atoms in total. The summed E-state index contributed by atoms with van der Waals surface area (Å²) in [5.41, 5.74) is 2.59. The molecule has 3 heterocycles. The van der Waals surface area contributed by atoms with Gasteiger partial charge in [0.05, 0.1) is 56.3 Å². The van der Waals surface area contributed by atoms with Crippen molar-refractivity contribution in [1.82, 2.24) is 0 Å². The van der Waals surface area contributed by atoms with Gasteiger partial charge in [0.25, 0.3) is 5.91 Å². The Balaban J connectivity index is 1.78. The molecule has 2 amide bonds. The van der Waals surface area contributed by atoms with Crippen LogP contribution < -0.4 is 9.80 Å². The first-order valence-electron chi connectivity index (χ1n) is 10.7. The van der Waals surface area contributed by atoms with Gasteiger partial charge in [0, 0.05) is 25.5 Å². The van der Waals surface area contributed by atoms with E-state index in [1.807, 2.05) is 13.0 Å². The average molecular weight is 422 g/mol. The van der Waals surface area contributed by atoms with Gasteiger partial charge in [-0.1, -0.05) is 6.07 Å². The molecule has 1 saturated heterocycles. The van der Waals surface area contributed by atoms with E-state index >= 15 is 0 Å². The highest BCUT2D eigenvalue weighted by Crippen LogP contribution is 2.42. The molecule has 0 N–H and O–H groups in total. The Labute approximate surface area is 183 Å². The van der Waals surface area contributed by atoms with E-state index in [0.717, 1.165) is 40.8 Å². The van der Waals surface area contributed by atoms with Crippen LogP contribution in [-0.4, -0.2) is 49.5 Å². The van der Waals surface area contributed by atoms with Gasteiger partial charge in [0.15, 0.2) is 5.76 Å². The first-order valence-corrected chi connectivity index (χ1v) is 10.7. The number of amides is 2. The van der Waals surface area contributed by atoms with Crippen LogP contribution in [0, 0.1) is 17.2 Å². The van der Waals surface area contributed by atoms with Crippen molar-refractivity contribution in [3.05, 3.63) is 47.9 Å². The Hall–Kier alpha value is -3.11. The summed E-state index contributed by atoms with van der Waals surface area (Å²) < 4.78 is 6.09. The number of hydrogen-bond acceptors (Lipinski definition) is 4. The van der Waals surface area contributed by atoms with E-state index in [1.54, 1.807) is 28.9 Å². The third kappa shape index (κ3) is 3.72. The number of quaternary nitrogens is 1. The number of furan rings is 1. The summed E-state index contributed by atoms with van der Waals surface area (Å²) in [4.78, 5) is 29.1. The normalized spacial score (nSPS) is 24.9. The molecule has 4 rings (SSSR count). The monoisotopic (exact) mass is 421 g/mol. The van der Waals surface area contributed by atoms with Crippen LogP contribution in [0.5, 0.6) is 0 Å². The van der Waals surface area contributed by atoms with Crippen LogP contribution >= 0.6 is 0 Å². The summed E-state index contributed by atoms with van der Waals surface area (Å²) in [7, 11) is 4.31. The highest BCUT2D eigenvalue weighted by Gasteiger charge is 2.40. The maximum atomic E-state index is 13.2. The van der Waals surface area contributed by atoms with Gasteiger partial charge in [-0.2, -0.15) is 5.26 Å². The quantitative estimate of drug-likeness (QED) is 0.692. The maximum absolute atomic E-state index is 13.2. The van der Waals surface area contributed by atoms with Gasteiger partial charge in [-0.05, 0) is 37.6 Å². The van der Waals surface area contributed by atoms with Gasteiger partial charge >= 0.3 is 0 Å². The minimum absolute atomic E-state index is 0.0442. The summed E-state index contributed by atoms with van der Waals surface area (Å²) in [6.45, 7) is 4.70. The van der Waals surface area contributed by atoms with E-state index in [-0.39, 0.29) is 35.6 Å². The zero-order valence-corrected chi connectivity index (χ0v) is 18.5. The second kappa shape index (κ2) is 7.86. The highest BCUT2D eigenvalue weighted by atomic mass is 16.3. The highest BCUT2D eigenvalue weighted by molar-refractivity contribution is 6.09. The molecule has 1 fully saturated rings. The van der Waals surface area contributed by atoms with Crippen molar-refractivity contribution in [1.29, 1.82) is 5.26 Å². The van der Waals surface area contributed by atoms with Crippen molar-refractivity contribution in [2.24, 2.45) is 5.92 Å². The van der Waals surface area contributed by atoms with Crippen LogP contribution in [0.2, 0.25) is 0 Å². The van der Waals surface area contributed by atoms with Gasteiger partial charge in [0.1, 0.15) is 6.04 Å². The van der Waals surface area contributed by atoms with Gasteiger partial charge in [0.2, 0.25) is 5.91 Å². The Kier molecular flexibility index (Phi) is 5.36. The number of rotatable bonds is 2. The van der Waals surface area contributed by atoms with E-state index in [4.69, 9.17) is 4.42 Å². The molecule has 1 aromatic heterocycles. The van der Waals surface area contributed by atoms with Crippen LogP contribution in [0.3, 0.4) is 0 Å². The van der Waals surface area contributed by atoms with E-state index in [2.05, 4.69) is 32.3 Å². The molecule has 0 spiro atoms. The molecular weight excluding hydrogens is 392 g/mol. The molecule has 2 unspecified atom stereocenters. The van der Waals surface area contributed by atoms with E-state index in [1.165, 1.54) is 6.26 Å². The van der Waals surface area contributed by atoms with Gasteiger partial charge in [-0.3, -0.25) is 9.59 Å². The number of likely N-dealkylation sites (tertiary alicyclic amines) is 1. The molecule has 162 valence electrons. The number of piperidine rings is 1. The lowest BCUT2D eigenvalue weighted by atomic mass is 9.87. The second-order valence-electron chi connectivity index (χ2n) is 9.26. The topological polar surface area (TPSA) is 77.5 Å². The number of benzene rings is 1. The molecule has 2 aliphatic heterocycles. The predicted molar refractivity (Wildman–Crippen MR) is 118 cm³/mol. The van der Waals surface area contributed by atoms with Crippen molar-refractivity contribution < 1.29 is 18.5 Å². The summed E-state index contributed by atoms with van der Waals surface area (Å²) in [6.07, 6.45) is 3.27. The number of anilines is 2. The minimum atomic E-state index is -0.208. The Morgan fingerprint density at radius 2 is 1.97 bits per heavy atom. The first-order chi connectivity index (χ1) is 14.7. The van der Waals surface area contributed by atoms with Crippen molar-refractivity contribution in [3.63, 3.8) is 0 Å². The molecule has 0 radical (unpaired) electrons. The van der Waals surface area contributed by atoms with E-state index in [9.17, 15) is 14.9 Å².